The van der Waals surface area contributed by atoms with Crippen LogP contribution in [0.15, 0.2) is 82.4 Å². The first-order valence-corrected chi connectivity index (χ1v) is 14.2. The van der Waals surface area contributed by atoms with E-state index < -0.39 is 0 Å². The molecule has 0 aliphatic heterocycles. The maximum atomic E-state index is 13.4. The minimum Gasteiger partial charge on any atom is -0.494 e. The van der Waals surface area contributed by atoms with Gasteiger partial charge in [0.1, 0.15) is 11.4 Å². The highest BCUT2D eigenvalue weighted by Crippen LogP contribution is 2.34. The molecular formula is C30H27ClN2O2S2. The van der Waals surface area contributed by atoms with E-state index in [1.165, 1.54) is 11.9 Å². The predicted octanol–water partition coefficient (Wildman–Crippen LogP) is 8.62. The maximum Gasteiger partial charge on any atom is 0.278 e. The van der Waals surface area contributed by atoms with E-state index in [0.29, 0.717) is 18.7 Å². The van der Waals surface area contributed by atoms with Crippen LogP contribution in [0.5, 0.6) is 5.75 Å². The monoisotopic (exact) mass is 546 g/mol. The van der Waals surface area contributed by atoms with E-state index in [9.17, 15) is 4.79 Å². The van der Waals surface area contributed by atoms with Gasteiger partial charge in [0.25, 0.3) is 5.91 Å². The molecule has 0 spiro atoms. The quantitative estimate of drug-likeness (QED) is 0.144. The summed E-state index contributed by atoms with van der Waals surface area (Å²) in [4.78, 5) is 17.8. The van der Waals surface area contributed by atoms with Gasteiger partial charge in [0.05, 0.1) is 12.1 Å². The first-order valence-electron chi connectivity index (χ1n) is 12.1. The number of hydrogen-bond acceptors (Lipinski definition) is 4. The van der Waals surface area contributed by atoms with Crippen molar-refractivity contribution in [1.82, 2.24) is 9.71 Å². The number of amides is 1. The van der Waals surface area contributed by atoms with Crippen molar-refractivity contribution >= 4 is 51.7 Å². The van der Waals surface area contributed by atoms with Crippen LogP contribution < -0.4 is 9.46 Å². The number of benzene rings is 3. The maximum absolute atomic E-state index is 13.4. The molecule has 2 N–H and O–H groups in total. The van der Waals surface area contributed by atoms with Gasteiger partial charge in [-0.3, -0.25) is 9.52 Å². The smallest absolute Gasteiger partial charge is 0.278 e. The molecule has 1 amide bonds. The molecule has 3 aromatic carbocycles. The third-order valence-electron chi connectivity index (χ3n) is 6.26. The minimum atomic E-state index is -0.138. The highest BCUT2D eigenvalue weighted by Gasteiger charge is 2.20. The molecule has 0 unspecified atom stereocenters. The summed E-state index contributed by atoms with van der Waals surface area (Å²) in [6.07, 6.45) is 1.47. The summed E-state index contributed by atoms with van der Waals surface area (Å²) in [5, 5.41) is 6.04. The number of rotatable bonds is 9. The van der Waals surface area contributed by atoms with E-state index in [2.05, 4.69) is 44.7 Å². The highest BCUT2D eigenvalue weighted by molar-refractivity contribution is 7.98. The number of aryl methyl sites for hydroxylation is 3. The second kappa shape index (κ2) is 11.5. The Morgan fingerprint density at radius 2 is 1.84 bits per heavy atom. The number of fused-ring (bicyclic) bond motifs is 1. The second-order valence-corrected chi connectivity index (χ2v) is 10.9. The van der Waals surface area contributed by atoms with Crippen molar-refractivity contribution in [3.63, 3.8) is 0 Å². The summed E-state index contributed by atoms with van der Waals surface area (Å²) >= 11 is 9.28. The summed E-state index contributed by atoms with van der Waals surface area (Å²) in [5.74, 6) is 0.677. The summed E-state index contributed by atoms with van der Waals surface area (Å²) in [6, 6.07) is 22.1. The van der Waals surface area contributed by atoms with Crippen molar-refractivity contribution in [1.29, 1.82) is 0 Å². The summed E-state index contributed by atoms with van der Waals surface area (Å²) < 4.78 is 9.06. The lowest BCUT2D eigenvalue weighted by Gasteiger charge is -2.10. The number of aromatic amines is 1. The molecule has 2 aromatic heterocycles. The average Bonchev–Trinajstić information content (AvgIpc) is 3.57. The molecule has 188 valence electrons. The number of H-pyrrole nitrogens is 1. The van der Waals surface area contributed by atoms with Crippen LogP contribution in [0.3, 0.4) is 0 Å². The van der Waals surface area contributed by atoms with E-state index in [1.54, 1.807) is 11.3 Å². The standard InChI is InChI=1S/C30H27ClN2O2S2/c1-19-16-22(17-20(2)27(19)31)35-14-7-12-26-25-11-6-10-24(21-13-15-36-18-21)28(25)32-29(26)30(34)33-37-23-8-4-3-5-9-23/h3-6,8-11,13,15-18,32H,7,12,14H2,1-2H3,(H,33,34). The number of carbonyl (C=O) groups is 1. The van der Waals surface area contributed by atoms with Gasteiger partial charge in [0.15, 0.2) is 0 Å². The van der Waals surface area contributed by atoms with Crippen molar-refractivity contribution in [2.75, 3.05) is 6.61 Å². The lowest BCUT2D eigenvalue weighted by atomic mass is 10.0. The molecule has 5 aromatic rings. The zero-order valence-electron chi connectivity index (χ0n) is 20.6. The molecule has 0 aliphatic rings. The fraction of sp³-hybridized carbons (Fsp3) is 0.167. The van der Waals surface area contributed by atoms with Gasteiger partial charge in [0.2, 0.25) is 0 Å². The van der Waals surface area contributed by atoms with Crippen LogP contribution in [-0.2, 0) is 6.42 Å². The van der Waals surface area contributed by atoms with E-state index in [-0.39, 0.29) is 5.91 Å². The highest BCUT2D eigenvalue weighted by atomic mass is 35.5. The number of para-hydroxylation sites is 1. The molecule has 0 bridgehead atoms. The zero-order valence-corrected chi connectivity index (χ0v) is 23.0. The van der Waals surface area contributed by atoms with Gasteiger partial charge in [-0.25, -0.2) is 0 Å². The Bertz CT molecular complexity index is 1510. The van der Waals surface area contributed by atoms with Crippen LogP contribution >= 0.6 is 34.9 Å². The van der Waals surface area contributed by atoms with Gasteiger partial charge < -0.3 is 9.72 Å². The molecule has 0 saturated heterocycles. The molecule has 5 rings (SSSR count). The van der Waals surface area contributed by atoms with Gasteiger partial charge in [0, 0.05) is 20.9 Å². The third kappa shape index (κ3) is 5.72. The third-order valence-corrected chi connectivity index (χ3v) is 8.33. The van der Waals surface area contributed by atoms with Gasteiger partial charge in [-0.15, -0.1) is 0 Å². The van der Waals surface area contributed by atoms with Gasteiger partial charge in [-0.1, -0.05) is 48.0 Å². The van der Waals surface area contributed by atoms with E-state index in [0.717, 1.165) is 60.8 Å². The normalized spacial score (nSPS) is 11.1. The molecular weight excluding hydrogens is 520 g/mol. The molecule has 37 heavy (non-hydrogen) atoms. The van der Waals surface area contributed by atoms with E-state index in [1.807, 2.05) is 56.3 Å². The number of aromatic nitrogens is 1. The average molecular weight is 547 g/mol. The number of thiophene rings is 1. The molecule has 7 heteroatoms. The van der Waals surface area contributed by atoms with E-state index in [4.69, 9.17) is 16.3 Å². The van der Waals surface area contributed by atoms with Crippen molar-refractivity contribution in [3.05, 3.63) is 105 Å². The van der Waals surface area contributed by atoms with Crippen LogP contribution in [0.4, 0.5) is 0 Å². The van der Waals surface area contributed by atoms with Gasteiger partial charge in [-0.2, -0.15) is 11.3 Å². The molecule has 0 fully saturated rings. The Hall–Kier alpha value is -3.19. The zero-order chi connectivity index (χ0) is 25.8. The SMILES string of the molecule is Cc1cc(OCCCc2c(C(=O)NSc3ccccc3)[nH]c3c(-c4ccsc4)cccc23)cc(C)c1Cl. The number of carbonyl (C=O) groups excluding carboxylic acids is 1. The molecule has 2 heterocycles. The van der Waals surface area contributed by atoms with Crippen molar-refractivity contribution in [2.24, 2.45) is 0 Å². The lowest BCUT2D eigenvalue weighted by molar-refractivity contribution is 0.0979. The summed E-state index contributed by atoms with van der Waals surface area (Å²) in [5.41, 5.74) is 6.83. The summed E-state index contributed by atoms with van der Waals surface area (Å²) in [7, 11) is 0. The minimum absolute atomic E-state index is 0.138. The van der Waals surface area contributed by atoms with Crippen LogP contribution in [0.1, 0.15) is 33.6 Å². The van der Waals surface area contributed by atoms with E-state index >= 15 is 0 Å². The summed E-state index contributed by atoms with van der Waals surface area (Å²) in [6.45, 7) is 4.51. The molecule has 0 saturated carbocycles. The number of hydrogen-bond donors (Lipinski definition) is 2. The Morgan fingerprint density at radius 3 is 2.57 bits per heavy atom. The Morgan fingerprint density at radius 1 is 1.05 bits per heavy atom. The molecule has 0 radical (unpaired) electrons. The van der Waals surface area contributed by atoms with Gasteiger partial charge >= 0.3 is 0 Å². The fourth-order valence-electron chi connectivity index (χ4n) is 4.46. The van der Waals surface area contributed by atoms with Gasteiger partial charge in [-0.05, 0) is 102 Å². The lowest BCUT2D eigenvalue weighted by Crippen LogP contribution is -2.18. The Balaban J connectivity index is 1.39. The van der Waals surface area contributed by atoms with Crippen LogP contribution in [0, 0.1) is 13.8 Å². The largest absolute Gasteiger partial charge is 0.494 e. The topological polar surface area (TPSA) is 54.1 Å². The first kappa shape index (κ1) is 25.5. The van der Waals surface area contributed by atoms with Crippen LogP contribution in [-0.4, -0.2) is 17.5 Å². The van der Waals surface area contributed by atoms with Crippen molar-refractivity contribution < 1.29 is 9.53 Å². The van der Waals surface area contributed by atoms with Crippen LogP contribution in [0.2, 0.25) is 5.02 Å². The number of halogens is 1. The number of ether oxygens (including phenoxy) is 1. The first-order chi connectivity index (χ1) is 18.0. The second-order valence-electron chi connectivity index (χ2n) is 8.89. The number of nitrogens with one attached hydrogen (secondary N) is 2. The molecule has 4 nitrogen and oxygen atoms in total. The van der Waals surface area contributed by atoms with Crippen LogP contribution in [0.25, 0.3) is 22.0 Å². The fourth-order valence-corrected chi connectivity index (χ4v) is 5.83. The Kier molecular flexibility index (Phi) is 7.89. The molecule has 0 aliphatic carbocycles. The predicted molar refractivity (Wildman–Crippen MR) is 156 cm³/mol. The van der Waals surface area contributed by atoms with Crippen molar-refractivity contribution in [2.45, 2.75) is 31.6 Å². The Labute approximate surface area is 230 Å². The molecule has 0 atom stereocenters. The van der Waals surface area contributed by atoms with Crippen molar-refractivity contribution in [3.8, 4) is 16.9 Å².